The van der Waals surface area contributed by atoms with E-state index in [2.05, 4.69) is 9.88 Å². The molecule has 0 atom stereocenters. The number of benzene rings is 1. The summed E-state index contributed by atoms with van der Waals surface area (Å²) in [5, 5.41) is 1.01. The first kappa shape index (κ1) is 14.6. The largest absolute Gasteiger partial charge is 0.358 e. The molecule has 1 aliphatic rings. The van der Waals surface area contributed by atoms with Gasteiger partial charge in [0, 0.05) is 35.2 Å². The van der Waals surface area contributed by atoms with Crippen LogP contribution in [0.5, 0.6) is 0 Å². The highest BCUT2D eigenvalue weighted by Gasteiger charge is 2.19. The Morgan fingerprint density at radius 3 is 2.81 bits per heavy atom. The van der Waals surface area contributed by atoms with Gasteiger partial charge in [-0.15, -0.1) is 0 Å². The van der Waals surface area contributed by atoms with Crippen LogP contribution in [0.3, 0.4) is 0 Å². The summed E-state index contributed by atoms with van der Waals surface area (Å²) in [6.45, 7) is 4.02. The minimum absolute atomic E-state index is 0.150. The summed E-state index contributed by atoms with van der Waals surface area (Å²) in [5.74, 6) is 0.564. The number of likely N-dealkylation sites (tertiary alicyclic amines) is 1. The molecule has 0 saturated carbocycles. The number of nitrogens with zero attached hydrogens (tertiary/aromatic N) is 1. The minimum atomic E-state index is 0.150. The lowest BCUT2D eigenvalue weighted by atomic mass is 10.1. The maximum Gasteiger partial charge on any atom is 0.175 e. The number of rotatable bonds is 3. The topological polar surface area (TPSA) is 36.1 Å². The summed E-state index contributed by atoms with van der Waals surface area (Å²) in [5.41, 5.74) is 2.77. The van der Waals surface area contributed by atoms with Gasteiger partial charge in [-0.3, -0.25) is 4.79 Å². The first-order chi connectivity index (χ1) is 10.2. The van der Waals surface area contributed by atoms with Crippen molar-refractivity contribution in [3.63, 3.8) is 0 Å². The van der Waals surface area contributed by atoms with E-state index in [-0.39, 0.29) is 5.78 Å². The molecule has 3 nitrogen and oxygen atoms in total. The minimum Gasteiger partial charge on any atom is -0.358 e. The van der Waals surface area contributed by atoms with Crippen LogP contribution in [0.15, 0.2) is 24.3 Å². The Kier molecular flexibility index (Phi) is 4.31. The number of para-hydroxylation sites is 1. The quantitative estimate of drug-likeness (QED) is 0.690. The average Bonchev–Trinajstić information content (AvgIpc) is 3.10. The van der Waals surface area contributed by atoms with Crippen LogP contribution in [0.2, 0.25) is 0 Å². The van der Waals surface area contributed by atoms with E-state index in [1.165, 1.54) is 24.6 Å². The lowest BCUT2D eigenvalue weighted by Gasteiger charge is -2.17. The van der Waals surface area contributed by atoms with E-state index in [9.17, 15) is 4.79 Å². The molecule has 21 heavy (non-hydrogen) atoms. The fraction of sp³-hybridized carbons (Fsp3) is 0.375. The summed E-state index contributed by atoms with van der Waals surface area (Å²) in [6, 6.07) is 7.94. The zero-order valence-corrected chi connectivity index (χ0v) is 13.6. The molecule has 2 heterocycles. The number of carbonyl (C=O) groups is 1. The number of aromatic nitrogens is 1. The first-order valence-electron chi connectivity index (χ1n) is 7.19. The van der Waals surface area contributed by atoms with E-state index < -0.39 is 0 Å². The molecule has 1 saturated heterocycles. The Morgan fingerprint density at radius 1 is 1.33 bits per heavy atom. The Labute approximate surface area is 134 Å². The van der Waals surface area contributed by atoms with Crippen molar-refractivity contribution < 1.29 is 4.79 Å². The molecule has 0 bridgehead atoms. The number of thiocarbonyl (C=S) groups is 1. The monoisotopic (exact) mass is 318 g/mol. The number of aryl methyl sites for hydroxylation is 1. The molecule has 1 fully saturated rings. The SMILES string of the molecule is Cc1[nH]c2ccccc2c1C(=O)CSC(=S)N1CCCC1. The Balaban J connectivity index is 1.72. The predicted octanol–water partition coefficient (Wildman–Crippen LogP) is 3.77. The van der Waals surface area contributed by atoms with Crippen molar-refractivity contribution in [2.24, 2.45) is 0 Å². The van der Waals surface area contributed by atoms with E-state index >= 15 is 0 Å². The summed E-state index contributed by atoms with van der Waals surface area (Å²) >= 11 is 6.91. The van der Waals surface area contributed by atoms with Crippen molar-refractivity contribution in [1.29, 1.82) is 0 Å². The van der Waals surface area contributed by atoms with Gasteiger partial charge in [0.05, 0.1) is 5.75 Å². The summed E-state index contributed by atoms with van der Waals surface area (Å²) in [7, 11) is 0. The third-order valence-electron chi connectivity index (χ3n) is 3.86. The zero-order valence-electron chi connectivity index (χ0n) is 12.0. The van der Waals surface area contributed by atoms with Crippen LogP contribution >= 0.6 is 24.0 Å². The van der Waals surface area contributed by atoms with Gasteiger partial charge in [-0.05, 0) is 25.8 Å². The second-order valence-corrected chi connectivity index (χ2v) is 6.95. The molecular formula is C16H18N2OS2. The Hall–Kier alpha value is -1.33. The van der Waals surface area contributed by atoms with Gasteiger partial charge in [-0.1, -0.05) is 42.2 Å². The van der Waals surface area contributed by atoms with E-state index in [4.69, 9.17) is 12.2 Å². The standard InChI is InChI=1S/C16H18N2OS2/c1-11-15(12-6-2-3-7-13(12)17-11)14(19)10-21-16(20)18-8-4-5-9-18/h2-3,6-7,17H,4-5,8-10H2,1H3. The highest BCUT2D eigenvalue weighted by molar-refractivity contribution is 8.23. The van der Waals surface area contributed by atoms with Gasteiger partial charge in [-0.25, -0.2) is 0 Å². The highest BCUT2D eigenvalue weighted by atomic mass is 32.2. The Morgan fingerprint density at radius 2 is 2.05 bits per heavy atom. The number of hydrogen-bond acceptors (Lipinski definition) is 3. The van der Waals surface area contributed by atoms with E-state index in [1.54, 1.807) is 0 Å². The van der Waals surface area contributed by atoms with Crippen molar-refractivity contribution in [3.8, 4) is 0 Å². The van der Waals surface area contributed by atoms with Crippen LogP contribution in [0.25, 0.3) is 10.9 Å². The fourth-order valence-electron chi connectivity index (χ4n) is 2.83. The number of hydrogen-bond donors (Lipinski definition) is 1. The zero-order chi connectivity index (χ0) is 14.8. The van der Waals surface area contributed by atoms with Gasteiger partial charge < -0.3 is 9.88 Å². The summed E-state index contributed by atoms with van der Waals surface area (Å²) in [6.07, 6.45) is 2.41. The normalized spacial score (nSPS) is 14.8. The second kappa shape index (κ2) is 6.20. The number of ketones is 1. The van der Waals surface area contributed by atoms with E-state index in [0.29, 0.717) is 5.75 Å². The molecule has 3 rings (SSSR count). The van der Waals surface area contributed by atoms with Gasteiger partial charge >= 0.3 is 0 Å². The third kappa shape index (κ3) is 2.99. The first-order valence-corrected chi connectivity index (χ1v) is 8.58. The number of thioether (sulfide) groups is 1. The van der Waals surface area contributed by atoms with Gasteiger partial charge in [0.15, 0.2) is 5.78 Å². The van der Waals surface area contributed by atoms with Crippen molar-refractivity contribution in [3.05, 3.63) is 35.5 Å². The van der Waals surface area contributed by atoms with Gasteiger partial charge in [0.25, 0.3) is 0 Å². The van der Waals surface area contributed by atoms with Gasteiger partial charge in [0.1, 0.15) is 4.32 Å². The molecule has 1 aromatic carbocycles. The molecular weight excluding hydrogens is 300 g/mol. The summed E-state index contributed by atoms with van der Waals surface area (Å²) in [4.78, 5) is 18.0. The molecule has 110 valence electrons. The van der Waals surface area contributed by atoms with Crippen LogP contribution in [-0.4, -0.2) is 38.8 Å². The number of carbonyl (C=O) groups excluding carboxylic acids is 1. The molecule has 2 aromatic rings. The predicted molar refractivity (Wildman–Crippen MR) is 93.2 cm³/mol. The number of nitrogens with one attached hydrogen (secondary N) is 1. The van der Waals surface area contributed by atoms with Gasteiger partial charge in [0.2, 0.25) is 0 Å². The number of H-pyrrole nitrogens is 1. The lowest BCUT2D eigenvalue weighted by Crippen LogP contribution is -2.24. The molecule has 0 aliphatic carbocycles. The molecule has 1 N–H and O–H groups in total. The van der Waals surface area contributed by atoms with E-state index in [0.717, 1.165) is 39.6 Å². The third-order valence-corrected chi connectivity index (χ3v) is 5.39. The van der Waals surface area contributed by atoms with Crippen LogP contribution in [0, 0.1) is 6.92 Å². The molecule has 1 aliphatic heterocycles. The number of Topliss-reactive ketones (excluding diaryl/α,β-unsaturated/α-hetero) is 1. The van der Waals surface area contributed by atoms with Crippen molar-refractivity contribution in [2.45, 2.75) is 19.8 Å². The molecule has 0 unspecified atom stereocenters. The lowest BCUT2D eigenvalue weighted by molar-refractivity contribution is 0.102. The van der Waals surface area contributed by atoms with Crippen LogP contribution in [0.4, 0.5) is 0 Å². The number of fused-ring (bicyclic) bond motifs is 1. The van der Waals surface area contributed by atoms with Crippen LogP contribution in [0.1, 0.15) is 28.9 Å². The maximum absolute atomic E-state index is 12.5. The van der Waals surface area contributed by atoms with Gasteiger partial charge in [-0.2, -0.15) is 0 Å². The van der Waals surface area contributed by atoms with Crippen molar-refractivity contribution in [2.75, 3.05) is 18.8 Å². The van der Waals surface area contributed by atoms with Crippen LogP contribution < -0.4 is 0 Å². The highest BCUT2D eigenvalue weighted by Crippen LogP contribution is 2.24. The molecule has 0 spiro atoms. The molecule has 5 heteroatoms. The number of aromatic amines is 1. The molecule has 0 amide bonds. The van der Waals surface area contributed by atoms with Crippen molar-refractivity contribution >= 4 is 45.0 Å². The smallest absolute Gasteiger partial charge is 0.175 e. The molecule has 0 radical (unpaired) electrons. The molecule has 1 aromatic heterocycles. The van der Waals surface area contributed by atoms with Crippen molar-refractivity contribution in [1.82, 2.24) is 9.88 Å². The average molecular weight is 318 g/mol. The second-order valence-electron chi connectivity index (χ2n) is 5.34. The van der Waals surface area contributed by atoms with E-state index in [1.807, 2.05) is 31.2 Å². The summed E-state index contributed by atoms with van der Waals surface area (Å²) < 4.78 is 0.860. The maximum atomic E-state index is 12.5. The van der Waals surface area contributed by atoms with Crippen LogP contribution in [-0.2, 0) is 0 Å². The fourth-order valence-corrected chi connectivity index (χ4v) is 3.95. The Bertz CT molecular complexity index is 687.